The molecule has 1 rings (SSSR count). The number of carbonyl (C=O) groups excluding carboxylic acids is 1. The first-order valence-electron chi connectivity index (χ1n) is 6.01. The predicted octanol–water partition coefficient (Wildman–Crippen LogP) is 1.55. The quantitative estimate of drug-likeness (QED) is 0.739. The van der Waals surface area contributed by atoms with Crippen molar-refractivity contribution in [3.8, 4) is 0 Å². The highest BCUT2D eigenvalue weighted by atomic mass is 35.5. The van der Waals surface area contributed by atoms with E-state index in [0.29, 0.717) is 17.8 Å². The monoisotopic (exact) mass is 321 g/mol. The van der Waals surface area contributed by atoms with Crippen LogP contribution in [0.2, 0.25) is 0 Å². The number of halogens is 1. The molecule has 0 aliphatic rings. The molecule has 6 nitrogen and oxygen atoms in total. The van der Waals surface area contributed by atoms with E-state index in [1.165, 1.54) is 0 Å². The molecule has 0 heterocycles. The van der Waals surface area contributed by atoms with Crippen LogP contribution in [0.25, 0.3) is 0 Å². The van der Waals surface area contributed by atoms with Gasteiger partial charge in [-0.1, -0.05) is 13.0 Å². The number of rotatable bonds is 6. The number of nitrogens with two attached hydrogens (primary N) is 1. The molecule has 1 atom stereocenters. The zero-order valence-electron chi connectivity index (χ0n) is 11.4. The zero-order valence-corrected chi connectivity index (χ0v) is 13.1. The molecule has 0 fully saturated rings. The lowest BCUT2D eigenvalue weighted by molar-refractivity contribution is -0.117. The molecule has 0 bridgehead atoms. The van der Waals surface area contributed by atoms with E-state index in [4.69, 9.17) is 5.73 Å². The molecule has 114 valence electrons. The minimum Gasteiger partial charge on any atom is -0.325 e. The Balaban J connectivity index is 0.00000361. The topological polar surface area (TPSA) is 101 Å². The van der Waals surface area contributed by atoms with Crippen LogP contribution < -0.4 is 15.8 Å². The van der Waals surface area contributed by atoms with E-state index in [2.05, 4.69) is 10.0 Å². The number of hydrogen-bond acceptors (Lipinski definition) is 4. The highest BCUT2D eigenvalue weighted by molar-refractivity contribution is 7.92. The standard InChI is InChI=1S/C12H19N3O3S.ClH/c1-3-7-19(17,18)15-11-6-4-5-10(8-11)14-12(16)9(2)13;/h4-6,8-9,15H,3,7,13H2,1-2H3,(H,14,16);1H/t9-;/m0./s1. The van der Waals surface area contributed by atoms with Gasteiger partial charge in [0.1, 0.15) is 0 Å². The number of benzene rings is 1. The lowest BCUT2D eigenvalue weighted by atomic mass is 10.2. The SMILES string of the molecule is CCCS(=O)(=O)Nc1cccc(NC(=O)[C@H](C)N)c1.Cl. The fraction of sp³-hybridized carbons (Fsp3) is 0.417. The first kappa shape index (κ1) is 18.7. The molecule has 1 amide bonds. The summed E-state index contributed by atoms with van der Waals surface area (Å²) < 4.78 is 25.7. The molecule has 8 heteroatoms. The number of sulfonamides is 1. The van der Waals surface area contributed by atoms with Crippen molar-refractivity contribution in [2.75, 3.05) is 15.8 Å². The molecule has 0 aliphatic carbocycles. The lowest BCUT2D eigenvalue weighted by Gasteiger charge is -2.11. The summed E-state index contributed by atoms with van der Waals surface area (Å²) in [6, 6.07) is 5.86. The summed E-state index contributed by atoms with van der Waals surface area (Å²) in [5, 5.41) is 2.60. The Bertz CT molecular complexity index is 547. The van der Waals surface area contributed by atoms with Gasteiger partial charge in [-0.2, -0.15) is 0 Å². The van der Waals surface area contributed by atoms with Gasteiger partial charge in [0.15, 0.2) is 0 Å². The average Bonchev–Trinajstić information content (AvgIpc) is 2.28. The van der Waals surface area contributed by atoms with E-state index in [1.54, 1.807) is 38.1 Å². The minimum atomic E-state index is -3.33. The molecule has 0 saturated heterocycles. The van der Waals surface area contributed by atoms with E-state index >= 15 is 0 Å². The summed E-state index contributed by atoms with van der Waals surface area (Å²) in [6.45, 7) is 3.36. The van der Waals surface area contributed by atoms with E-state index in [1.807, 2.05) is 0 Å². The van der Waals surface area contributed by atoms with Crippen molar-refractivity contribution in [2.45, 2.75) is 26.3 Å². The van der Waals surface area contributed by atoms with Crippen LogP contribution in [-0.2, 0) is 14.8 Å². The van der Waals surface area contributed by atoms with Crippen molar-refractivity contribution < 1.29 is 13.2 Å². The molecule has 0 saturated carbocycles. The van der Waals surface area contributed by atoms with Crippen LogP contribution in [-0.4, -0.2) is 26.1 Å². The van der Waals surface area contributed by atoms with Gasteiger partial charge in [0.2, 0.25) is 15.9 Å². The van der Waals surface area contributed by atoms with Gasteiger partial charge in [0.05, 0.1) is 17.5 Å². The van der Waals surface area contributed by atoms with Crippen LogP contribution in [0.1, 0.15) is 20.3 Å². The Labute approximate surface area is 125 Å². The summed E-state index contributed by atoms with van der Waals surface area (Å²) >= 11 is 0. The van der Waals surface area contributed by atoms with Crippen LogP contribution in [0.3, 0.4) is 0 Å². The normalized spacial score (nSPS) is 12.2. The number of hydrogen-bond donors (Lipinski definition) is 3. The molecule has 1 aromatic carbocycles. The van der Waals surface area contributed by atoms with Gasteiger partial charge in [-0.25, -0.2) is 8.42 Å². The second-order valence-electron chi connectivity index (χ2n) is 4.28. The summed E-state index contributed by atoms with van der Waals surface area (Å²) in [5.74, 6) is -0.266. The Morgan fingerprint density at radius 2 is 1.95 bits per heavy atom. The smallest absolute Gasteiger partial charge is 0.240 e. The molecule has 0 aromatic heterocycles. The van der Waals surface area contributed by atoms with E-state index in [9.17, 15) is 13.2 Å². The van der Waals surface area contributed by atoms with Crippen LogP contribution in [0, 0.1) is 0 Å². The number of carbonyl (C=O) groups is 1. The van der Waals surface area contributed by atoms with Crippen molar-refractivity contribution in [1.29, 1.82) is 0 Å². The summed E-state index contributed by atoms with van der Waals surface area (Å²) in [7, 11) is -3.33. The van der Waals surface area contributed by atoms with Crippen molar-refractivity contribution in [3.63, 3.8) is 0 Å². The first-order chi connectivity index (χ1) is 8.84. The van der Waals surface area contributed by atoms with Gasteiger partial charge in [-0.15, -0.1) is 12.4 Å². The molecule has 0 spiro atoms. The van der Waals surface area contributed by atoms with Crippen LogP contribution >= 0.6 is 12.4 Å². The average molecular weight is 322 g/mol. The predicted molar refractivity (Wildman–Crippen MR) is 83.7 cm³/mol. The molecule has 1 aromatic rings. The lowest BCUT2D eigenvalue weighted by Crippen LogP contribution is -2.32. The zero-order chi connectivity index (χ0) is 14.5. The molecule has 0 aliphatic heterocycles. The molecular weight excluding hydrogens is 302 g/mol. The Morgan fingerprint density at radius 3 is 2.50 bits per heavy atom. The third kappa shape index (κ3) is 6.23. The fourth-order valence-corrected chi connectivity index (χ4v) is 2.54. The van der Waals surface area contributed by atoms with Crippen molar-refractivity contribution in [3.05, 3.63) is 24.3 Å². The summed E-state index contributed by atoms with van der Waals surface area (Å²) in [5.41, 5.74) is 6.35. The Kier molecular flexibility index (Phi) is 7.55. The number of anilines is 2. The van der Waals surface area contributed by atoms with Gasteiger partial charge in [-0.3, -0.25) is 9.52 Å². The maximum absolute atomic E-state index is 11.6. The maximum Gasteiger partial charge on any atom is 0.240 e. The summed E-state index contributed by atoms with van der Waals surface area (Å²) in [4.78, 5) is 11.4. The fourth-order valence-electron chi connectivity index (χ4n) is 1.42. The van der Waals surface area contributed by atoms with E-state index in [0.717, 1.165) is 0 Å². The Hall–Kier alpha value is -1.31. The van der Waals surface area contributed by atoms with E-state index < -0.39 is 16.1 Å². The Morgan fingerprint density at radius 1 is 1.35 bits per heavy atom. The van der Waals surface area contributed by atoms with Crippen molar-refractivity contribution in [2.24, 2.45) is 5.73 Å². The van der Waals surface area contributed by atoms with Crippen LogP contribution in [0.4, 0.5) is 11.4 Å². The van der Waals surface area contributed by atoms with Crippen LogP contribution in [0.5, 0.6) is 0 Å². The van der Waals surface area contributed by atoms with Gasteiger partial charge in [0, 0.05) is 5.69 Å². The molecule has 20 heavy (non-hydrogen) atoms. The van der Waals surface area contributed by atoms with E-state index in [-0.39, 0.29) is 24.1 Å². The highest BCUT2D eigenvalue weighted by Crippen LogP contribution is 2.16. The second-order valence-corrected chi connectivity index (χ2v) is 6.12. The van der Waals surface area contributed by atoms with Gasteiger partial charge in [0.25, 0.3) is 0 Å². The molecular formula is C12H20ClN3O3S. The van der Waals surface area contributed by atoms with Crippen molar-refractivity contribution >= 4 is 39.7 Å². The third-order valence-corrected chi connectivity index (χ3v) is 3.78. The molecule has 0 unspecified atom stereocenters. The highest BCUT2D eigenvalue weighted by Gasteiger charge is 2.10. The van der Waals surface area contributed by atoms with Crippen LogP contribution in [0.15, 0.2) is 24.3 Å². The largest absolute Gasteiger partial charge is 0.325 e. The van der Waals surface area contributed by atoms with Crippen molar-refractivity contribution in [1.82, 2.24) is 0 Å². The van der Waals surface area contributed by atoms with Gasteiger partial charge >= 0.3 is 0 Å². The number of nitrogens with one attached hydrogen (secondary N) is 2. The van der Waals surface area contributed by atoms with Gasteiger partial charge < -0.3 is 11.1 Å². The maximum atomic E-state index is 11.6. The summed E-state index contributed by atoms with van der Waals surface area (Å²) in [6.07, 6.45) is 0.538. The minimum absolute atomic E-state index is 0. The second kappa shape index (κ2) is 8.08. The third-order valence-electron chi connectivity index (χ3n) is 2.29. The molecule has 4 N–H and O–H groups in total. The van der Waals surface area contributed by atoms with Gasteiger partial charge in [-0.05, 0) is 31.5 Å². The number of amides is 1. The molecule has 0 radical (unpaired) electrons. The first-order valence-corrected chi connectivity index (χ1v) is 7.66.